The minimum Gasteiger partial charge on any atom is -0.480 e. The van der Waals surface area contributed by atoms with Gasteiger partial charge in [-0.3, -0.25) is 4.79 Å². The van der Waals surface area contributed by atoms with Crippen molar-refractivity contribution in [2.24, 2.45) is 0 Å². The topological polar surface area (TPSA) is 60.8 Å². The number of aliphatic hydroxyl groups is 1. The maximum absolute atomic E-state index is 11.1. The Bertz CT molecular complexity index is 581. The molecule has 2 rings (SSSR count). The zero-order valence-electron chi connectivity index (χ0n) is 11.9. The van der Waals surface area contributed by atoms with Crippen LogP contribution < -0.4 is 4.90 Å². The molecular weight excluding hydrogens is 266 g/mol. The Morgan fingerprint density at radius 2 is 1.57 bits per heavy atom. The van der Waals surface area contributed by atoms with E-state index >= 15 is 0 Å². The second kappa shape index (κ2) is 6.41. The third-order valence-corrected chi connectivity index (χ3v) is 3.34. The Morgan fingerprint density at radius 1 is 1.05 bits per heavy atom. The van der Waals surface area contributed by atoms with Gasteiger partial charge < -0.3 is 15.1 Å². The molecule has 0 bridgehead atoms. The maximum atomic E-state index is 11.1. The molecule has 110 valence electrons. The van der Waals surface area contributed by atoms with E-state index in [4.69, 9.17) is 5.11 Å². The average Bonchev–Trinajstić information content (AvgIpc) is 2.48. The van der Waals surface area contributed by atoms with Gasteiger partial charge in [0.25, 0.3) is 0 Å². The molecule has 0 fully saturated rings. The lowest BCUT2D eigenvalue weighted by molar-refractivity contribution is -0.135. The van der Waals surface area contributed by atoms with E-state index in [0.29, 0.717) is 0 Å². The summed E-state index contributed by atoms with van der Waals surface area (Å²) in [5.41, 5.74) is 0.402. The van der Waals surface area contributed by atoms with Crippen LogP contribution in [0.4, 0.5) is 5.69 Å². The third-order valence-electron chi connectivity index (χ3n) is 3.34. The molecule has 1 unspecified atom stereocenters. The molecule has 0 spiro atoms. The van der Waals surface area contributed by atoms with Crippen molar-refractivity contribution >= 4 is 11.7 Å². The molecule has 2 aromatic rings. The molecule has 2 aromatic carbocycles. The van der Waals surface area contributed by atoms with E-state index in [-0.39, 0.29) is 13.1 Å². The van der Waals surface area contributed by atoms with Crippen LogP contribution in [0.3, 0.4) is 0 Å². The van der Waals surface area contributed by atoms with E-state index in [0.717, 1.165) is 11.3 Å². The van der Waals surface area contributed by atoms with Crippen LogP contribution in [0.2, 0.25) is 0 Å². The van der Waals surface area contributed by atoms with E-state index in [1.807, 2.05) is 60.7 Å². The van der Waals surface area contributed by atoms with Gasteiger partial charge in [0.1, 0.15) is 12.1 Å². The largest absolute Gasteiger partial charge is 0.480 e. The summed E-state index contributed by atoms with van der Waals surface area (Å²) in [7, 11) is 0. The lowest BCUT2D eigenvalue weighted by Crippen LogP contribution is -2.41. The smallest absolute Gasteiger partial charge is 0.323 e. The van der Waals surface area contributed by atoms with Gasteiger partial charge in [0.15, 0.2) is 0 Å². The summed E-state index contributed by atoms with van der Waals surface area (Å²) in [5, 5.41) is 19.8. The van der Waals surface area contributed by atoms with Crippen molar-refractivity contribution in [2.45, 2.75) is 12.5 Å². The van der Waals surface area contributed by atoms with Crippen LogP contribution in [-0.2, 0) is 10.4 Å². The third kappa shape index (κ3) is 4.07. The molecule has 0 aliphatic carbocycles. The first-order valence-electron chi connectivity index (χ1n) is 6.79. The number of carboxylic acids is 1. The molecule has 1 atom stereocenters. The zero-order valence-corrected chi connectivity index (χ0v) is 11.9. The number of carbonyl (C=O) groups is 1. The molecule has 2 N–H and O–H groups in total. The highest BCUT2D eigenvalue weighted by atomic mass is 16.4. The number of carboxylic acid groups (broad SMARTS) is 1. The normalized spacial score (nSPS) is 13.4. The quantitative estimate of drug-likeness (QED) is 0.856. The molecule has 0 aromatic heterocycles. The first-order valence-corrected chi connectivity index (χ1v) is 6.79. The van der Waals surface area contributed by atoms with Crippen molar-refractivity contribution in [3.63, 3.8) is 0 Å². The van der Waals surface area contributed by atoms with Crippen LogP contribution in [0, 0.1) is 0 Å². The number of hydrogen-bond donors (Lipinski definition) is 2. The predicted octanol–water partition coefficient (Wildman–Crippen LogP) is 2.49. The van der Waals surface area contributed by atoms with E-state index < -0.39 is 11.6 Å². The number of benzene rings is 2. The molecule has 0 radical (unpaired) electrons. The Kier molecular flexibility index (Phi) is 4.60. The predicted molar refractivity (Wildman–Crippen MR) is 82.3 cm³/mol. The number of nitrogens with zero attached hydrogens (tertiary/aromatic N) is 1. The number of anilines is 1. The summed E-state index contributed by atoms with van der Waals surface area (Å²) in [6.45, 7) is 1.74. The molecule has 0 amide bonds. The highest BCUT2D eigenvalue weighted by Gasteiger charge is 2.27. The van der Waals surface area contributed by atoms with Gasteiger partial charge >= 0.3 is 5.97 Å². The molecular formula is C17H19NO3. The summed E-state index contributed by atoms with van der Waals surface area (Å²) in [4.78, 5) is 12.7. The van der Waals surface area contributed by atoms with Gasteiger partial charge in [-0.05, 0) is 24.6 Å². The van der Waals surface area contributed by atoms with Crippen molar-refractivity contribution in [1.82, 2.24) is 0 Å². The monoisotopic (exact) mass is 285 g/mol. The SMILES string of the molecule is CC(O)(CN(CC(=O)O)c1ccccc1)c1ccccc1. The van der Waals surface area contributed by atoms with Crippen molar-refractivity contribution in [3.05, 3.63) is 66.2 Å². The summed E-state index contributed by atoms with van der Waals surface area (Å²) in [6, 6.07) is 18.5. The van der Waals surface area contributed by atoms with Crippen LogP contribution in [0.5, 0.6) is 0 Å². The fourth-order valence-electron chi connectivity index (χ4n) is 2.30. The standard InChI is InChI=1S/C17H19NO3/c1-17(21,14-8-4-2-5-9-14)13-18(12-16(19)20)15-10-6-3-7-11-15/h2-11,21H,12-13H2,1H3,(H,19,20). The van der Waals surface area contributed by atoms with Crippen LogP contribution in [0.15, 0.2) is 60.7 Å². The van der Waals surface area contributed by atoms with Gasteiger partial charge in [-0.1, -0.05) is 48.5 Å². The van der Waals surface area contributed by atoms with Crippen LogP contribution >= 0.6 is 0 Å². The molecule has 0 saturated carbocycles. The summed E-state index contributed by atoms with van der Waals surface area (Å²) in [6.07, 6.45) is 0. The van der Waals surface area contributed by atoms with Gasteiger partial charge in [-0.2, -0.15) is 0 Å². The summed E-state index contributed by atoms with van der Waals surface area (Å²) < 4.78 is 0. The number of hydrogen-bond acceptors (Lipinski definition) is 3. The van der Waals surface area contributed by atoms with E-state index in [1.54, 1.807) is 11.8 Å². The molecule has 0 heterocycles. The van der Waals surface area contributed by atoms with Crippen LogP contribution in [0.25, 0.3) is 0 Å². The second-order valence-electron chi connectivity index (χ2n) is 5.23. The zero-order chi connectivity index (χ0) is 15.3. The van der Waals surface area contributed by atoms with Crippen molar-refractivity contribution in [3.8, 4) is 0 Å². The molecule has 0 saturated heterocycles. The molecule has 0 aliphatic heterocycles. The lowest BCUT2D eigenvalue weighted by Gasteiger charge is -2.32. The summed E-state index contributed by atoms with van der Waals surface area (Å²) >= 11 is 0. The fraction of sp³-hybridized carbons (Fsp3) is 0.235. The highest BCUT2D eigenvalue weighted by molar-refractivity contribution is 5.73. The Morgan fingerprint density at radius 3 is 2.10 bits per heavy atom. The lowest BCUT2D eigenvalue weighted by atomic mass is 9.95. The van der Waals surface area contributed by atoms with E-state index in [9.17, 15) is 9.90 Å². The Balaban J connectivity index is 2.24. The van der Waals surface area contributed by atoms with Gasteiger partial charge in [-0.25, -0.2) is 0 Å². The molecule has 0 aliphatic rings. The molecule has 4 nitrogen and oxygen atoms in total. The number of aliphatic carboxylic acids is 1. The first kappa shape index (κ1) is 15.1. The van der Waals surface area contributed by atoms with E-state index in [2.05, 4.69) is 0 Å². The number of para-hydroxylation sites is 1. The van der Waals surface area contributed by atoms with Crippen molar-refractivity contribution < 1.29 is 15.0 Å². The second-order valence-corrected chi connectivity index (χ2v) is 5.23. The van der Waals surface area contributed by atoms with Crippen molar-refractivity contribution in [2.75, 3.05) is 18.0 Å². The van der Waals surface area contributed by atoms with Crippen LogP contribution in [0.1, 0.15) is 12.5 Å². The minimum atomic E-state index is -1.13. The number of rotatable bonds is 6. The first-order chi connectivity index (χ1) is 9.99. The molecule has 4 heteroatoms. The van der Waals surface area contributed by atoms with Crippen LogP contribution in [-0.4, -0.2) is 29.3 Å². The van der Waals surface area contributed by atoms with Crippen molar-refractivity contribution in [1.29, 1.82) is 0 Å². The minimum absolute atomic E-state index is 0.160. The Hall–Kier alpha value is -2.33. The van der Waals surface area contributed by atoms with Gasteiger partial charge in [0, 0.05) is 5.69 Å². The average molecular weight is 285 g/mol. The van der Waals surface area contributed by atoms with E-state index in [1.165, 1.54) is 0 Å². The highest BCUT2D eigenvalue weighted by Crippen LogP contribution is 2.24. The Labute approximate surface area is 124 Å². The summed E-state index contributed by atoms with van der Waals surface area (Å²) in [5.74, 6) is -0.928. The maximum Gasteiger partial charge on any atom is 0.323 e. The van der Waals surface area contributed by atoms with Gasteiger partial charge in [0.05, 0.1) is 6.54 Å². The molecule has 21 heavy (non-hydrogen) atoms. The van der Waals surface area contributed by atoms with Gasteiger partial charge in [0.2, 0.25) is 0 Å². The van der Waals surface area contributed by atoms with Gasteiger partial charge in [-0.15, -0.1) is 0 Å². The fourth-order valence-corrected chi connectivity index (χ4v) is 2.30.